The molecule has 14 heavy (non-hydrogen) atoms. The average Bonchev–Trinajstić information content (AvgIpc) is 2.67. The van der Waals surface area contributed by atoms with Crippen LogP contribution in [0.25, 0.3) is 0 Å². The lowest BCUT2D eigenvalue weighted by atomic mass is 10.3. The third-order valence-electron chi connectivity index (χ3n) is 1.57. The van der Waals surface area contributed by atoms with Crippen molar-refractivity contribution in [3.63, 3.8) is 0 Å². The van der Waals surface area contributed by atoms with Crippen LogP contribution in [-0.2, 0) is 0 Å². The monoisotopic (exact) mass is 223 g/mol. The minimum absolute atomic E-state index is 0.289. The molecule has 1 nitrogen and oxygen atoms in total. The molecule has 0 aromatic rings. The van der Waals surface area contributed by atoms with E-state index in [9.17, 15) is 0 Å². The molecule has 0 N–H and O–H groups in total. The highest BCUT2D eigenvalue weighted by Gasteiger charge is 2.13. The van der Waals surface area contributed by atoms with E-state index >= 15 is 0 Å². The molecule has 0 amide bonds. The zero-order chi connectivity index (χ0) is 10.2. The van der Waals surface area contributed by atoms with E-state index in [1.807, 2.05) is 25.6 Å². The van der Waals surface area contributed by atoms with Crippen LogP contribution in [0.1, 0.15) is 20.3 Å². The Morgan fingerprint density at radius 1 is 1.50 bits per heavy atom. The Morgan fingerprint density at radius 3 is 2.93 bits per heavy atom. The average molecular weight is 223 g/mol. The van der Waals surface area contributed by atoms with Crippen LogP contribution in [0.2, 0.25) is 0 Å². The maximum atomic E-state index is 4.39. The smallest absolute Gasteiger partial charge is 0.125 e. The van der Waals surface area contributed by atoms with Gasteiger partial charge in [-0.25, -0.2) is 0 Å². The number of rotatable bonds is 2. The van der Waals surface area contributed by atoms with Crippen LogP contribution >= 0.6 is 23.5 Å². The zero-order valence-electron chi connectivity index (χ0n) is 8.46. The van der Waals surface area contributed by atoms with Crippen molar-refractivity contribution in [1.82, 2.24) is 0 Å². The Balaban J connectivity index is 2.47. The van der Waals surface area contributed by atoms with Gasteiger partial charge in [0.2, 0.25) is 0 Å². The Labute approximate surface area is 94.5 Å². The fourth-order valence-electron chi connectivity index (χ4n) is 0.986. The summed E-state index contributed by atoms with van der Waals surface area (Å²) in [6.45, 7) is 4.69. The fourth-order valence-corrected chi connectivity index (χ4v) is 3.15. The zero-order valence-corrected chi connectivity index (χ0v) is 10.1. The van der Waals surface area contributed by atoms with E-state index in [-0.39, 0.29) is 5.25 Å². The second kappa shape index (κ2) is 6.87. The van der Waals surface area contributed by atoms with Crippen molar-refractivity contribution in [3.05, 3.63) is 0 Å². The van der Waals surface area contributed by atoms with E-state index in [4.69, 9.17) is 0 Å². The van der Waals surface area contributed by atoms with E-state index in [0.717, 1.165) is 18.7 Å². The summed E-state index contributed by atoms with van der Waals surface area (Å²) in [5.74, 6) is 13.2. The first kappa shape index (κ1) is 11.6. The Morgan fingerprint density at radius 2 is 2.36 bits per heavy atom. The summed E-state index contributed by atoms with van der Waals surface area (Å²) in [4.78, 5) is 4.39. The van der Waals surface area contributed by atoms with Gasteiger partial charge in [0.05, 0.1) is 11.8 Å². The molecule has 74 valence electrons. The van der Waals surface area contributed by atoms with Gasteiger partial charge >= 0.3 is 0 Å². The van der Waals surface area contributed by atoms with Crippen LogP contribution in [0, 0.1) is 23.7 Å². The van der Waals surface area contributed by atoms with Crippen LogP contribution < -0.4 is 0 Å². The van der Waals surface area contributed by atoms with Crippen LogP contribution in [0.4, 0.5) is 0 Å². The molecule has 1 rings (SSSR count). The first-order valence-corrected chi connectivity index (χ1v) is 6.39. The molecule has 1 atom stereocenters. The van der Waals surface area contributed by atoms with Crippen LogP contribution in [0.15, 0.2) is 4.99 Å². The lowest BCUT2D eigenvalue weighted by molar-refractivity contribution is 1.14. The third kappa shape index (κ3) is 4.13. The topological polar surface area (TPSA) is 12.4 Å². The van der Waals surface area contributed by atoms with Gasteiger partial charge < -0.3 is 0 Å². The van der Waals surface area contributed by atoms with Gasteiger partial charge in [-0.1, -0.05) is 29.4 Å². The van der Waals surface area contributed by atoms with Crippen molar-refractivity contribution in [2.45, 2.75) is 25.5 Å². The number of hydrogen-bond donors (Lipinski definition) is 0. The molecule has 0 aromatic heterocycles. The van der Waals surface area contributed by atoms with E-state index in [2.05, 4.69) is 28.7 Å². The summed E-state index contributed by atoms with van der Waals surface area (Å²) in [5.41, 5.74) is 0. The predicted molar refractivity (Wildman–Crippen MR) is 67.7 cm³/mol. The standard InChI is InChI=1S/C11H13NS2/c1-3-5-7-10(6-4-2)14-11-12-8-9-13-11/h10H,7-9H2,1-2H3. The molecule has 0 aromatic carbocycles. The van der Waals surface area contributed by atoms with Crippen LogP contribution in [0.5, 0.6) is 0 Å². The summed E-state index contributed by atoms with van der Waals surface area (Å²) in [6.07, 6.45) is 0.835. The normalized spacial score (nSPS) is 16.0. The summed E-state index contributed by atoms with van der Waals surface area (Å²) < 4.78 is 1.18. The third-order valence-corrected chi connectivity index (χ3v) is 3.88. The predicted octanol–water partition coefficient (Wildman–Crippen LogP) is 2.63. The summed E-state index contributed by atoms with van der Waals surface area (Å²) in [5, 5.41) is 0.289. The van der Waals surface area contributed by atoms with Crippen molar-refractivity contribution in [3.8, 4) is 23.7 Å². The lowest BCUT2D eigenvalue weighted by Crippen LogP contribution is -2.00. The Kier molecular flexibility index (Phi) is 5.68. The van der Waals surface area contributed by atoms with Crippen LogP contribution in [-0.4, -0.2) is 21.9 Å². The molecule has 1 unspecified atom stereocenters. The Hall–Kier alpha value is -0.510. The molecule has 1 aliphatic rings. The van der Waals surface area contributed by atoms with E-state index in [1.54, 1.807) is 11.8 Å². The molecule has 0 saturated heterocycles. The van der Waals surface area contributed by atoms with Crippen molar-refractivity contribution in [2.75, 3.05) is 12.3 Å². The second-order valence-corrected chi connectivity index (χ2v) is 5.16. The molecule has 0 spiro atoms. The van der Waals surface area contributed by atoms with E-state index in [1.165, 1.54) is 4.38 Å². The summed E-state index contributed by atoms with van der Waals surface area (Å²) >= 11 is 3.58. The maximum Gasteiger partial charge on any atom is 0.125 e. The van der Waals surface area contributed by atoms with Gasteiger partial charge in [-0.3, -0.25) is 4.99 Å². The minimum atomic E-state index is 0.289. The highest BCUT2D eigenvalue weighted by atomic mass is 32.2. The molecule has 0 bridgehead atoms. The van der Waals surface area contributed by atoms with Crippen LogP contribution in [0.3, 0.4) is 0 Å². The van der Waals surface area contributed by atoms with Gasteiger partial charge in [-0.2, -0.15) is 0 Å². The van der Waals surface area contributed by atoms with Gasteiger partial charge in [-0.15, -0.1) is 17.8 Å². The molecule has 0 radical (unpaired) electrons. The molecule has 0 saturated carbocycles. The van der Waals surface area contributed by atoms with Gasteiger partial charge in [0, 0.05) is 12.2 Å². The highest BCUT2D eigenvalue weighted by Crippen LogP contribution is 2.26. The number of thioether (sulfide) groups is 2. The molecule has 1 aliphatic heterocycles. The van der Waals surface area contributed by atoms with Crippen molar-refractivity contribution in [1.29, 1.82) is 0 Å². The van der Waals surface area contributed by atoms with Crippen molar-refractivity contribution in [2.24, 2.45) is 4.99 Å². The van der Waals surface area contributed by atoms with Crippen molar-refractivity contribution >= 4 is 27.9 Å². The van der Waals surface area contributed by atoms with E-state index < -0.39 is 0 Å². The SMILES string of the molecule is CC#CCC(C#CC)SC1=NCCS1. The summed E-state index contributed by atoms with van der Waals surface area (Å²) in [7, 11) is 0. The fraction of sp³-hybridized carbons (Fsp3) is 0.545. The van der Waals surface area contributed by atoms with Gasteiger partial charge in [0.25, 0.3) is 0 Å². The Bertz CT molecular complexity index is 325. The molecular formula is C11H13NS2. The molecular weight excluding hydrogens is 210 g/mol. The minimum Gasteiger partial charge on any atom is -0.271 e. The largest absolute Gasteiger partial charge is 0.271 e. The lowest BCUT2D eigenvalue weighted by Gasteiger charge is -2.05. The quantitative estimate of drug-likeness (QED) is 0.667. The number of hydrogen-bond acceptors (Lipinski definition) is 3. The van der Waals surface area contributed by atoms with Gasteiger partial charge in [0.1, 0.15) is 4.38 Å². The molecule has 3 heteroatoms. The number of nitrogens with zero attached hydrogens (tertiary/aromatic N) is 1. The van der Waals surface area contributed by atoms with E-state index in [0.29, 0.717) is 0 Å². The highest BCUT2D eigenvalue weighted by molar-refractivity contribution is 8.39. The second-order valence-electron chi connectivity index (χ2n) is 2.63. The molecule has 0 aliphatic carbocycles. The number of aliphatic imine (C=N–C) groups is 1. The molecule has 1 heterocycles. The maximum absolute atomic E-state index is 4.39. The first-order chi connectivity index (χ1) is 6.86. The van der Waals surface area contributed by atoms with Gasteiger partial charge in [0.15, 0.2) is 0 Å². The van der Waals surface area contributed by atoms with Crippen molar-refractivity contribution < 1.29 is 0 Å². The summed E-state index contributed by atoms with van der Waals surface area (Å²) in [6, 6.07) is 0. The van der Waals surface area contributed by atoms with Gasteiger partial charge in [-0.05, 0) is 13.8 Å². The molecule has 0 fully saturated rings. The first-order valence-electron chi connectivity index (χ1n) is 4.52.